The smallest absolute Gasteiger partial charge is 0.271 e. The molecule has 5 rings (SSSR count). The maximum absolute atomic E-state index is 13.7. The number of halogens is 1. The van der Waals surface area contributed by atoms with Crippen LogP contribution in [0.1, 0.15) is 23.2 Å². The number of imide groups is 1. The third kappa shape index (κ3) is 3.22. The molecule has 0 aliphatic carbocycles. The second kappa shape index (κ2) is 7.93. The van der Waals surface area contributed by atoms with Crippen molar-refractivity contribution in [3.05, 3.63) is 63.2 Å². The number of benzene rings is 2. The molecule has 2 aromatic rings. The summed E-state index contributed by atoms with van der Waals surface area (Å²) in [6, 6.07) is 9.22. The number of ketones is 1. The highest BCUT2D eigenvalue weighted by molar-refractivity contribution is 6.30. The molecular formula is C23H20ClN3O6. The first-order valence-electron chi connectivity index (χ1n) is 10.6. The molecule has 4 atom stereocenters. The number of nitro groups is 1. The van der Waals surface area contributed by atoms with Gasteiger partial charge in [-0.05, 0) is 49.7 Å². The summed E-state index contributed by atoms with van der Waals surface area (Å²) in [4.78, 5) is 54.4. The van der Waals surface area contributed by atoms with Gasteiger partial charge in [0.1, 0.15) is 11.4 Å². The van der Waals surface area contributed by atoms with Crippen LogP contribution in [0.2, 0.25) is 5.02 Å². The van der Waals surface area contributed by atoms with Gasteiger partial charge in [-0.1, -0.05) is 11.6 Å². The molecule has 0 spiro atoms. The van der Waals surface area contributed by atoms with Gasteiger partial charge in [0.05, 0.1) is 29.9 Å². The van der Waals surface area contributed by atoms with E-state index in [0.29, 0.717) is 23.6 Å². The number of nitro benzene ring substituents is 1. The van der Waals surface area contributed by atoms with Crippen molar-refractivity contribution < 1.29 is 24.0 Å². The van der Waals surface area contributed by atoms with Crippen LogP contribution in [0.4, 0.5) is 11.4 Å². The van der Waals surface area contributed by atoms with Gasteiger partial charge in [0, 0.05) is 28.8 Å². The molecule has 33 heavy (non-hydrogen) atoms. The molecule has 0 aromatic heterocycles. The zero-order chi connectivity index (χ0) is 23.4. The fourth-order valence-corrected chi connectivity index (χ4v) is 5.63. The highest BCUT2D eigenvalue weighted by atomic mass is 35.5. The minimum absolute atomic E-state index is 0.0262. The quantitative estimate of drug-likeness (QED) is 0.286. The predicted molar refractivity (Wildman–Crippen MR) is 118 cm³/mol. The van der Waals surface area contributed by atoms with E-state index in [1.54, 1.807) is 24.3 Å². The number of hydrogen-bond acceptors (Lipinski definition) is 7. The summed E-state index contributed by atoms with van der Waals surface area (Å²) in [7, 11) is 1.36. The Morgan fingerprint density at radius 3 is 2.48 bits per heavy atom. The van der Waals surface area contributed by atoms with Crippen LogP contribution >= 0.6 is 11.6 Å². The minimum atomic E-state index is -0.866. The summed E-state index contributed by atoms with van der Waals surface area (Å²) in [5, 5.41) is 11.8. The standard InChI is InChI=1S/C23H20ClN3O6/c1-33-17-9-8-14(27(31)32)11-16(17)26-22(29)18-15-3-2-10-25(15)20(19(18)23(26)30)21(28)12-4-6-13(24)7-5-12/h4-9,11,15,18-20H,2-3,10H2,1H3/t15-,18-,19+,20+/m1/s1. The Morgan fingerprint density at radius 1 is 1.12 bits per heavy atom. The number of Topliss-reactive ketones (excluding diaryl/α,β-unsaturated/α-hetero) is 1. The van der Waals surface area contributed by atoms with Crippen LogP contribution in [0.5, 0.6) is 5.75 Å². The lowest BCUT2D eigenvalue weighted by Crippen LogP contribution is -2.46. The van der Waals surface area contributed by atoms with Gasteiger partial charge in [-0.25, -0.2) is 4.90 Å². The number of nitrogens with zero attached hydrogens (tertiary/aromatic N) is 3. The monoisotopic (exact) mass is 469 g/mol. The molecular weight excluding hydrogens is 450 g/mol. The second-order valence-electron chi connectivity index (χ2n) is 8.44. The summed E-state index contributed by atoms with van der Waals surface area (Å²) in [5.74, 6) is -2.61. The highest BCUT2D eigenvalue weighted by Crippen LogP contribution is 2.50. The number of ether oxygens (including phenoxy) is 1. The number of methoxy groups -OCH3 is 1. The third-order valence-corrected chi connectivity index (χ3v) is 7.12. The molecule has 3 fully saturated rings. The van der Waals surface area contributed by atoms with E-state index in [2.05, 4.69) is 0 Å². The van der Waals surface area contributed by atoms with E-state index < -0.39 is 34.6 Å². The number of amides is 2. The molecule has 0 bridgehead atoms. The minimum Gasteiger partial charge on any atom is -0.495 e. The zero-order valence-corrected chi connectivity index (χ0v) is 18.4. The molecule has 170 valence electrons. The fraction of sp³-hybridized carbons (Fsp3) is 0.348. The number of hydrogen-bond donors (Lipinski definition) is 0. The van der Waals surface area contributed by atoms with E-state index in [9.17, 15) is 24.5 Å². The van der Waals surface area contributed by atoms with Crippen molar-refractivity contribution in [2.75, 3.05) is 18.6 Å². The zero-order valence-electron chi connectivity index (χ0n) is 17.6. The fourth-order valence-electron chi connectivity index (χ4n) is 5.50. The first-order valence-corrected chi connectivity index (χ1v) is 11.0. The van der Waals surface area contributed by atoms with Crippen LogP contribution in [0.3, 0.4) is 0 Å². The number of fused-ring (bicyclic) bond motifs is 3. The summed E-state index contributed by atoms with van der Waals surface area (Å²) in [6.07, 6.45) is 1.52. The summed E-state index contributed by atoms with van der Waals surface area (Å²) in [5.41, 5.74) is 0.181. The van der Waals surface area contributed by atoms with Gasteiger partial charge in [-0.3, -0.25) is 29.4 Å². The number of rotatable bonds is 5. The van der Waals surface area contributed by atoms with Gasteiger partial charge in [0.25, 0.3) is 5.69 Å². The lowest BCUT2D eigenvalue weighted by atomic mass is 9.85. The number of carbonyl (C=O) groups is 3. The number of non-ortho nitro benzene ring substituents is 1. The summed E-state index contributed by atoms with van der Waals surface area (Å²) in [6.45, 7) is 0.627. The van der Waals surface area contributed by atoms with Crippen molar-refractivity contribution in [3.8, 4) is 5.75 Å². The average molecular weight is 470 g/mol. The van der Waals surface area contributed by atoms with Crippen LogP contribution in [0.25, 0.3) is 0 Å². The van der Waals surface area contributed by atoms with E-state index in [1.807, 2.05) is 4.90 Å². The molecule has 3 heterocycles. The van der Waals surface area contributed by atoms with E-state index in [0.717, 1.165) is 17.4 Å². The van der Waals surface area contributed by atoms with Gasteiger partial charge in [-0.15, -0.1) is 0 Å². The van der Waals surface area contributed by atoms with Crippen LogP contribution in [-0.2, 0) is 9.59 Å². The first kappa shape index (κ1) is 21.5. The van der Waals surface area contributed by atoms with Crippen molar-refractivity contribution >= 4 is 40.6 Å². The van der Waals surface area contributed by atoms with Gasteiger partial charge in [0.15, 0.2) is 5.78 Å². The molecule has 0 radical (unpaired) electrons. The molecule has 3 aliphatic rings. The summed E-state index contributed by atoms with van der Waals surface area (Å²) >= 11 is 5.96. The maximum atomic E-state index is 13.7. The Balaban J connectivity index is 1.58. The van der Waals surface area contributed by atoms with Crippen molar-refractivity contribution in [2.45, 2.75) is 24.9 Å². The van der Waals surface area contributed by atoms with Crippen molar-refractivity contribution in [1.82, 2.24) is 4.90 Å². The SMILES string of the molecule is COc1ccc([N+](=O)[O-])cc1N1C(=O)[C@H]2[C@H](C1=O)[C@@H](C(=O)c1ccc(Cl)cc1)N1CCC[C@H]21. The lowest BCUT2D eigenvalue weighted by molar-refractivity contribution is -0.384. The van der Waals surface area contributed by atoms with Crippen LogP contribution in [-0.4, -0.2) is 53.2 Å². The molecule has 0 N–H and O–H groups in total. The number of anilines is 1. The molecule has 3 saturated heterocycles. The summed E-state index contributed by atoms with van der Waals surface area (Å²) < 4.78 is 5.29. The second-order valence-corrected chi connectivity index (χ2v) is 8.88. The highest BCUT2D eigenvalue weighted by Gasteiger charge is 2.65. The molecule has 2 amide bonds. The molecule has 2 aromatic carbocycles. The average Bonchev–Trinajstić information content (AvgIpc) is 3.45. The number of carbonyl (C=O) groups excluding carboxylic acids is 3. The van der Waals surface area contributed by atoms with Crippen LogP contribution in [0, 0.1) is 22.0 Å². The van der Waals surface area contributed by atoms with Crippen molar-refractivity contribution in [1.29, 1.82) is 0 Å². The predicted octanol–water partition coefficient (Wildman–Crippen LogP) is 3.09. The van der Waals surface area contributed by atoms with E-state index in [4.69, 9.17) is 16.3 Å². The van der Waals surface area contributed by atoms with Crippen molar-refractivity contribution in [2.24, 2.45) is 11.8 Å². The van der Waals surface area contributed by atoms with E-state index in [1.165, 1.54) is 19.2 Å². The Morgan fingerprint density at radius 2 is 1.82 bits per heavy atom. The molecule has 3 aliphatic heterocycles. The van der Waals surface area contributed by atoms with Crippen LogP contribution in [0.15, 0.2) is 42.5 Å². The van der Waals surface area contributed by atoms with Gasteiger partial charge < -0.3 is 4.74 Å². The van der Waals surface area contributed by atoms with Crippen LogP contribution < -0.4 is 9.64 Å². The molecule has 0 unspecified atom stereocenters. The lowest BCUT2D eigenvalue weighted by Gasteiger charge is -2.28. The van der Waals surface area contributed by atoms with Gasteiger partial charge >= 0.3 is 0 Å². The van der Waals surface area contributed by atoms with E-state index in [-0.39, 0.29) is 28.9 Å². The third-order valence-electron chi connectivity index (χ3n) is 6.86. The maximum Gasteiger partial charge on any atom is 0.271 e. The Kier molecular flexibility index (Phi) is 5.18. The normalized spacial score (nSPS) is 26.4. The first-order chi connectivity index (χ1) is 15.8. The topological polar surface area (TPSA) is 110 Å². The Bertz CT molecular complexity index is 1180. The van der Waals surface area contributed by atoms with Gasteiger partial charge in [-0.2, -0.15) is 0 Å². The molecule has 10 heteroatoms. The largest absolute Gasteiger partial charge is 0.495 e. The van der Waals surface area contributed by atoms with Gasteiger partial charge in [0.2, 0.25) is 11.8 Å². The molecule has 0 saturated carbocycles. The molecule has 9 nitrogen and oxygen atoms in total. The van der Waals surface area contributed by atoms with E-state index >= 15 is 0 Å². The van der Waals surface area contributed by atoms with Crippen molar-refractivity contribution in [3.63, 3.8) is 0 Å². The Labute approximate surface area is 194 Å². The Hall–Kier alpha value is -3.30.